The largest absolute Gasteiger partial charge is 0.469 e. The monoisotopic (exact) mass is 358 g/mol. The molecule has 1 aromatic heterocycles. The number of hydrogen-bond donors (Lipinski definition) is 2. The molecule has 0 saturated heterocycles. The molecule has 1 aromatic carbocycles. The molecule has 132 valence electrons. The quantitative estimate of drug-likeness (QED) is 0.798. The summed E-state index contributed by atoms with van der Waals surface area (Å²) in [5, 5.41) is 5.77. The van der Waals surface area contributed by atoms with Crippen LogP contribution in [0.5, 0.6) is 0 Å². The number of fused-ring (bicyclic) bond motifs is 1. The van der Waals surface area contributed by atoms with Gasteiger partial charge in [0.2, 0.25) is 11.8 Å². The van der Waals surface area contributed by atoms with Crippen LogP contribution in [0.2, 0.25) is 0 Å². The first-order chi connectivity index (χ1) is 12.2. The molecule has 0 fully saturated rings. The number of para-hydroxylation sites is 1. The van der Waals surface area contributed by atoms with Gasteiger partial charge in [0.1, 0.15) is 5.76 Å². The fourth-order valence-corrected chi connectivity index (χ4v) is 3.89. The summed E-state index contributed by atoms with van der Waals surface area (Å²) in [6.07, 6.45) is 4.41. The van der Waals surface area contributed by atoms with Crippen molar-refractivity contribution in [1.82, 2.24) is 5.32 Å². The molecule has 0 radical (unpaired) electrons. The number of anilines is 1. The number of hydrogen-bond acceptors (Lipinski definition) is 4. The third-order valence-corrected chi connectivity index (χ3v) is 5.46. The summed E-state index contributed by atoms with van der Waals surface area (Å²) in [6, 6.07) is 11.6. The summed E-state index contributed by atoms with van der Waals surface area (Å²) < 4.78 is 5.23. The van der Waals surface area contributed by atoms with Crippen LogP contribution in [0.3, 0.4) is 0 Å². The van der Waals surface area contributed by atoms with E-state index in [4.69, 9.17) is 4.42 Å². The van der Waals surface area contributed by atoms with Gasteiger partial charge in [-0.05, 0) is 36.6 Å². The first-order valence-corrected chi connectivity index (χ1v) is 9.57. The predicted molar refractivity (Wildman–Crippen MR) is 99.7 cm³/mol. The highest BCUT2D eigenvalue weighted by molar-refractivity contribution is 8.00. The highest BCUT2D eigenvalue weighted by atomic mass is 32.2. The van der Waals surface area contributed by atoms with E-state index in [1.807, 2.05) is 30.3 Å². The summed E-state index contributed by atoms with van der Waals surface area (Å²) in [5.74, 6) is 1.55. The number of rotatable bonds is 7. The molecule has 25 heavy (non-hydrogen) atoms. The van der Waals surface area contributed by atoms with Crippen molar-refractivity contribution in [3.63, 3.8) is 0 Å². The molecule has 2 amide bonds. The van der Waals surface area contributed by atoms with Crippen molar-refractivity contribution >= 4 is 29.3 Å². The number of nitrogens with one attached hydrogen (secondary N) is 2. The van der Waals surface area contributed by atoms with E-state index in [0.29, 0.717) is 25.1 Å². The third kappa shape index (κ3) is 5.13. The predicted octanol–water partition coefficient (Wildman–Crippen LogP) is 3.02. The lowest BCUT2D eigenvalue weighted by Crippen LogP contribution is -2.27. The Morgan fingerprint density at radius 3 is 3.00 bits per heavy atom. The highest BCUT2D eigenvalue weighted by Gasteiger charge is 2.23. The van der Waals surface area contributed by atoms with Gasteiger partial charge in [-0.1, -0.05) is 18.2 Å². The maximum absolute atomic E-state index is 12.3. The number of furan rings is 1. The van der Waals surface area contributed by atoms with Crippen LogP contribution < -0.4 is 10.6 Å². The average molecular weight is 358 g/mol. The Morgan fingerprint density at radius 1 is 1.28 bits per heavy atom. The van der Waals surface area contributed by atoms with Crippen LogP contribution in [-0.4, -0.2) is 29.4 Å². The average Bonchev–Trinajstić information content (AvgIpc) is 3.06. The first-order valence-electron chi connectivity index (χ1n) is 8.52. The number of aryl methyl sites for hydroxylation is 1. The summed E-state index contributed by atoms with van der Waals surface area (Å²) in [7, 11) is 0. The fraction of sp³-hybridized carbons (Fsp3) is 0.368. The molecule has 3 rings (SSSR count). The second kappa shape index (κ2) is 8.76. The summed E-state index contributed by atoms with van der Waals surface area (Å²) in [5.41, 5.74) is 2.08. The topological polar surface area (TPSA) is 71.3 Å². The lowest BCUT2D eigenvalue weighted by molar-refractivity contribution is -0.120. The second-order valence-electron chi connectivity index (χ2n) is 5.97. The number of carbonyl (C=O) groups is 2. The van der Waals surface area contributed by atoms with Crippen LogP contribution in [0.25, 0.3) is 0 Å². The molecule has 1 atom stereocenters. The van der Waals surface area contributed by atoms with Crippen LogP contribution in [0, 0.1) is 0 Å². The molecule has 2 N–H and O–H groups in total. The van der Waals surface area contributed by atoms with Gasteiger partial charge in [-0.15, -0.1) is 11.8 Å². The van der Waals surface area contributed by atoms with Crippen molar-refractivity contribution in [2.45, 2.75) is 30.9 Å². The Labute approximate surface area is 151 Å². The Balaban J connectivity index is 1.37. The van der Waals surface area contributed by atoms with Gasteiger partial charge < -0.3 is 15.1 Å². The normalized spacial score (nSPS) is 16.6. The van der Waals surface area contributed by atoms with Crippen LogP contribution in [0.15, 0.2) is 47.1 Å². The SMILES string of the molecule is O=C(CCS[C@H]1CCc2ccccc2NC1=O)NCCc1ccco1. The van der Waals surface area contributed by atoms with Crippen molar-refractivity contribution in [2.75, 3.05) is 17.6 Å². The zero-order valence-corrected chi connectivity index (χ0v) is 14.8. The fourth-order valence-electron chi connectivity index (χ4n) is 2.81. The summed E-state index contributed by atoms with van der Waals surface area (Å²) in [4.78, 5) is 24.2. The van der Waals surface area contributed by atoms with Crippen molar-refractivity contribution in [3.05, 3.63) is 54.0 Å². The van der Waals surface area contributed by atoms with Gasteiger partial charge in [-0.3, -0.25) is 9.59 Å². The Morgan fingerprint density at radius 2 is 2.16 bits per heavy atom. The Kier molecular flexibility index (Phi) is 6.17. The van der Waals surface area contributed by atoms with Crippen LogP contribution in [0.1, 0.15) is 24.2 Å². The first kappa shape index (κ1) is 17.6. The van der Waals surface area contributed by atoms with E-state index in [0.717, 1.165) is 24.3 Å². The van der Waals surface area contributed by atoms with E-state index in [2.05, 4.69) is 16.7 Å². The van der Waals surface area contributed by atoms with E-state index < -0.39 is 0 Å². The van der Waals surface area contributed by atoms with Crippen molar-refractivity contribution in [3.8, 4) is 0 Å². The van der Waals surface area contributed by atoms with Gasteiger partial charge in [0.25, 0.3) is 0 Å². The zero-order chi connectivity index (χ0) is 17.5. The highest BCUT2D eigenvalue weighted by Crippen LogP contribution is 2.27. The van der Waals surface area contributed by atoms with E-state index in [1.165, 1.54) is 5.56 Å². The third-order valence-electron chi connectivity index (χ3n) is 4.17. The molecule has 2 aromatic rings. The molecule has 0 saturated carbocycles. The molecule has 1 aliphatic rings. The minimum atomic E-state index is -0.108. The molecular formula is C19H22N2O3S. The molecule has 2 heterocycles. The maximum atomic E-state index is 12.3. The molecule has 0 bridgehead atoms. The van der Waals surface area contributed by atoms with Gasteiger partial charge >= 0.3 is 0 Å². The van der Waals surface area contributed by atoms with Crippen LogP contribution in [0.4, 0.5) is 5.69 Å². The molecule has 6 heteroatoms. The van der Waals surface area contributed by atoms with Crippen LogP contribution in [-0.2, 0) is 22.4 Å². The van der Waals surface area contributed by atoms with Crippen LogP contribution >= 0.6 is 11.8 Å². The van der Waals surface area contributed by atoms with Gasteiger partial charge in [0.15, 0.2) is 0 Å². The number of carbonyl (C=O) groups excluding carboxylic acids is 2. The van der Waals surface area contributed by atoms with Gasteiger partial charge in [-0.2, -0.15) is 0 Å². The molecule has 1 aliphatic heterocycles. The van der Waals surface area contributed by atoms with E-state index >= 15 is 0 Å². The standard InChI is InChI=1S/C19H22N2O3S/c22-18(20-11-9-15-5-3-12-24-15)10-13-25-17-8-7-14-4-1-2-6-16(14)21-19(17)23/h1-6,12,17H,7-11,13H2,(H,20,22)(H,21,23)/t17-/m0/s1. The van der Waals surface area contributed by atoms with E-state index in [1.54, 1.807) is 18.0 Å². The van der Waals surface area contributed by atoms with E-state index in [-0.39, 0.29) is 17.1 Å². The molecule has 0 aliphatic carbocycles. The Hall–Kier alpha value is -2.21. The minimum absolute atomic E-state index is 0.0105. The van der Waals surface area contributed by atoms with Crippen molar-refractivity contribution in [2.24, 2.45) is 0 Å². The number of thioether (sulfide) groups is 1. The molecule has 0 spiro atoms. The lowest BCUT2D eigenvalue weighted by Gasteiger charge is -2.12. The molecular weight excluding hydrogens is 336 g/mol. The molecule has 0 unspecified atom stereocenters. The van der Waals surface area contributed by atoms with Gasteiger partial charge in [0, 0.05) is 30.8 Å². The maximum Gasteiger partial charge on any atom is 0.237 e. The zero-order valence-electron chi connectivity index (χ0n) is 14.0. The lowest BCUT2D eigenvalue weighted by atomic mass is 10.1. The van der Waals surface area contributed by atoms with Crippen molar-refractivity contribution in [1.29, 1.82) is 0 Å². The summed E-state index contributed by atoms with van der Waals surface area (Å²) >= 11 is 1.56. The second-order valence-corrected chi connectivity index (χ2v) is 7.28. The smallest absolute Gasteiger partial charge is 0.237 e. The van der Waals surface area contributed by atoms with Crippen molar-refractivity contribution < 1.29 is 14.0 Å². The number of amides is 2. The Bertz CT molecular complexity index is 715. The van der Waals surface area contributed by atoms with E-state index in [9.17, 15) is 9.59 Å². The van der Waals surface area contributed by atoms with Gasteiger partial charge in [0.05, 0.1) is 11.5 Å². The number of benzene rings is 1. The minimum Gasteiger partial charge on any atom is -0.469 e. The van der Waals surface area contributed by atoms with Gasteiger partial charge in [-0.25, -0.2) is 0 Å². The molecule has 5 nitrogen and oxygen atoms in total. The summed E-state index contributed by atoms with van der Waals surface area (Å²) in [6.45, 7) is 0.566.